The molecule has 1 aliphatic carbocycles. The zero-order valence-electron chi connectivity index (χ0n) is 12.2. The van der Waals surface area contributed by atoms with Gasteiger partial charge in [0.25, 0.3) is 0 Å². The Balaban J connectivity index is 1.96. The Morgan fingerprint density at radius 3 is 2.58 bits per heavy atom. The molecule has 2 rings (SSSR count). The van der Waals surface area contributed by atoms with Gasteiger partial charge in [0.15, 0.2) is 0 Å². The molecule has 0 radical (unpaired) electrons. The van der Waals surface area contributed by atoms with Crippen LogP contribution in [0.2, 0.25) is 0 Å². The van der Waals surface area contributed by atoms with Gasteiger partial charge < -0.3 is 11.1 Å². The number of rotatable bonds is 3. The quantitative estimate of drug-likeness (QED) is 0.871. The molecule has 3 unspecified atom stereocenters. The topological polar surface area (TPSA) is 72.9 Å². The van der Waals surface area contributed by atoms with E-state index in [1.807, 2.05) is 13.8 Å². The summed E-state index contributed by atoms with van der Waals surface area (Å²) in [4.78, 5) is 12.1. The van der Waals surface area contributed by atoms with Gasteiger partial charge in [-0.2, -0.15) is 5.10 Å². The van der Waals surface area contributed by atoms with Crippen molar-refractivity contribution in [3.8, 4) is 0 Å². The molecule has 1 saturated carbocycles. The van der Waals surface area contributed by atoms with Crippen molar-refractivity contribution in [3.05, 3.63) is 11.4 Å². The van der Waals surface area contributed by atoms with Gasteiger partial charge in [-0.1, -0.05) is 13.8 Å². The first-order valence-corrected chi connectivity index (χ1v) is 6.99. The molecule has 1 aliphatic rings. The van der Waals surface area contributed by atoms with Gasteiger partial charge in [0.1, 0.15) is 6.54 Å². The average molecular weight is 264 g/mol. The van der Waals surface area contributed by atoms with E-state index in [9.17, 15) is 4.79 Å². The minimum Gasteiger partial charge on any atom is -0.396 e. The molecular weight excluding hydrogens is 240 g/mol. The molecule has 0 saturated heterocycles. The van der Waals surface area contributed by atoms with E-state index in [0.29, 0.717) is 23.6 Å². The first-order chi connectivity index (χ1) is 8.90. The lowest BCUT2D eigenvalue weighted by molar-refractivity contribution is -0.122. The molecule has 1 heterocycles. The van der Waals surface area contributed by atoms with Crippen molar-refractivity contribution in [3.63, 3.8) is 0 Å². The van der Waals surface area contributed by atoms with E-state index in [4.69, 9.17) is 5.73 Å². The number of carbonyl (C=O) groups is 1. The van der Waals surface area contributed by atoms with E-state index in [2.05, 4.69) is 24.3 Å². The molecule has 1 amide bonds. The maximum atomic E-state index is 12.1. The highest BCUT2D eigenvalue weighted by molar-refractivity contribution is 5.76. The molecule has 0 spiro atoms. The number of nitrogens with one attached hydrogen (secondary N) is 1. The van der Waals surface area contributed by atoms with Crippen LogP contribution >= 0.6 is 0 Å². The molecule has 5 heteroatoms. The third-order valence-corrected chi connectivity index (χ3v) is 4.54. The summed E-state index contributed by atoms with van der Waals surface area (Å²) in [7, 11) is 0. The minimum absolute atomic E-state index is 0.0246. The van der Waals surface area contributed by atoms with Crippen molar-refractivity contribution >= 4 is 11.6 Å². The lowest BCUT2D eigenvalue weighted by Gasteiger charge is -2.19. The van der Waals surface area contributed by atoms with Crippen molar-refractivity contribution in [1.82, 2.24) is 15.1 Å². The summed E-state index contributed by atoms with van der Waals surface area (Å²) >= 11 is 0. The number of hydrogen-bond acceptors (Lipinski definition) is 3. The van der Waals surface area contributed by atoms with Crippen LogP contribution in [0, 0.1) is 25.7 Å². The summed E-state index contributed by atoms with van der Waals surface area (Å²) in [6.07, 6.45) is 2.27. The molecule has 5 nitrogen and oxygen atoms in total. The summed E-state index contributed by atoms with van der Waals surface area (Å²) in [5.74, 6) is 1.26. The predicted molar refractivity (Wildman–Crippen MR) is 75.6 cm³/mol. The van der Waals surface area contributed by atoms with Gasteiger partial charge in [0.2, 0.25) is 5.91 Å². The first-order valence-electron chi connectivity index (χ1n) is 6.99. The summed E-state index contributed by atoms with van der Waals surface area (Å²) in [6, 6.07) is 0.303. The Morgan fingerprint density at radius 1 is 1.42 bits per heavy atom. The molecule has 1 aromatic rings. The SMILES string of the molecule is Cc1nn(CC(=O)NC2CCC(C)C2C)c(C)c1N. The van der Waals surface area contributed by atoms with Gasteiger partial charge in [-0.15, -0.1) is 0 Å². The molecule has 0 aliphatic heterocycles. The van der Waals surface area contributed by atoms with Crippen LogP contribution in [0.5, 0.6) is 0 Å². The van der Waals surface area contributed by atoms with Gasteiger partial charge in [-0.3, -0.25) is 9.48 Å². The van der Waals surface area contributed by atoms with Crippen LogP contribution in [0.25, 0.3) is 0 Å². The number of aryl methyl sites for hydroxylation is 1. The molecule has 0 bridgehead atoms. The Bertz CT molecular complexity index is 480. The van der Waals surface area contributed by atoms with Crippen LogP contribution in [0.3, 0.4) is 0 Å². The Kier molecular flexibility index (Phi) is 3.83. The molecule has 0 aromatic carbocycles. The second-order valence-electron chi connectivity index (χ2n) is 5.83. The summed E-state index contributed by atoms with van der Waals surface area (Å²) < 4.78 is 1.68. The van der Waals surface area contributed by atoms with Crippen LogP contribution in [0.15, 0.2) is 0 Å². The second kappa shape index (κ2) is 5.23. The van der Waals surface area contributed by atoms with E-state index in [1.54, 1.807) is 4.68 Å². The highest BCUT2D eigenvalue weighted by Gasteiger charge is 2.30. The standard InChI is InChI=1S/C14H24N4O/c1-8-5-6-12(9(8)2)16-13(19)7-18-11(4)14(15)10(3)17-18/h8-9,12H,5-7,15H2,1-4H3,(H,16,19). The number of nitrogens with two attached hydrogens (primary N) is 1. The van der Waals surface area contributed by atoms with E-state index < -0.39 is 0 Å². The lowest BCUT2D eigenvalue weighted by Crippen LogP contribution is -2.39. The van der Waals surface area contributed by atoms with E-state index in [1.165, 1.54) is 6.42 Å². The van der Waals surface area contributed by atoms with Crippen LogP contribution in [0.1, 0.15) is 38.1 Å². The molecule has 19 heavy (non-hydrogen) atoms. The zero-order chi connectivity index (χ0) is 14.2. The molecule has 106 valence electrons. The largest absolute Gasteiger partial charge is 0.396 e. The van der Waals surface area contributed by atoms with Crippen LogP contribution in [-0.4, -0.2) is 21.7 Å². The van der Waals surface area contributed by atoms with Crippen LogP contribution in [-0.2, 0) is 11.3 Å². The van der Waals surface area contributed by atoms with Gasteiger partial charge in [-0.05, 0) is 38.5 Å². The monoisotopic (exact) mass is 264 g/mol. The van der Waals surface area contributed by atoms with E-state index in [-0.39, 0.29) is 12.5 Å². The van der Waals surface area contributed by atoms with Crippen molar-refractivity contribution in [2.24, 2.45) is 11.8 Å². The van der Waals surface area contributed by atoms with Crippen molar-refractivity contribution in [2.45, 2.75) is 53.1 Å². The molecule has 1 fully saturated rings. The Hall–Kier alpha value is -1.52. The number of nitrogen functional groups attached to an aromatic ring is 1. The van der Waals surface area contributed by atoms with E-state index >= 15 is 0 Å². The van der Waals surface area contributed by atoms with Gasteiger partial charge in [-0.25, -0.2) is 0 Å². The molecule has 1 aromatic heterocycles. The van der Waals surface area contributed by atoms with Crippen LogP contribution < -0.4 is 11.1 Å². The maximum absolute atomic E-state index is 12.1. The molecular formula is C14H24N4O. The number of hydrogen-bond donors (Lipinski definition) is 2. The van der Waals surface area contributed by atoms with E-state index in [0.717, 1.165) is 17.8 Å². The fraction of sp³-hybridized carbons (Fsp3) is 0.714. The highest BCUT2D eigenvalue weighted by atomic mass is 16.2. The Labute approximate surface area is 114 Å². The van der Waals surface area contributed by atoms with Crippen molar-refractivity contribution < 1.29 is 4.79 Å². The third-order valence-electron chi connectivity index (χ3n) is 4.54. The smallest absolute Gasteiger partial charge is 0.241 e. The summed E-state index contributed by atoms with van der Waals surface area (Å²) in [6.45, 7) is 8.46. The molecule has 3 N–H and O–H groups in total. The van der Waals surface area contributed by atoms with Crippen molar-refractivity contribution in [2.75, 3.05) is 5.73 Å². The summed E-state index contributed by atoms with van der Waals surface area (Å²) in [5, 5.41) is 7.41. The normalized spacial score (nSPS) is 26.6. The third kappa shape index (κ3) is 2.74. The first kappa shape index (κ1) is 13.9. The van der Waals surface area contributed by atoms with Gasteiger partial charge >= 0.3 is 0 Å². The second-order valence-corrected chi connectivity index (χ2v) is 5.83. The Morgan fingerprint density at radius 2 is 2.11 bits per heavy atom. The number of carbonyl (C=O) groups excluding carboxylic acids is 1. The number of nitrogens with zero attached hydrogens (tertiary/aromatic N) is 2. The van der Waals surface area contributed by atoms with Gasteiger partial charge in [0, 0.05) is 6.04 Å². The van der Waals surface area contributed by atoms with Crippen molar-refractivity contribution in [1.29, 1.82) is 0 Å². The summed E-state index contributed by atoms with van der Waals surface area (Å²) in [5.41, 5.74) is 8.19. The minimum atomic E-state index is 0.0246. The maximum Gasteiger partial charge on any atom is 0.241 e. The highest BCUT2D eigenvalue weighted by Crippen LogP contribution is 2.31. The number of amides is 1. The fourth-order valence-corrected chi connectivity index (χ4v) is 2.82. The van der Waals surface area contributed by atoms with Gasteiger partial charge in [0.05, 0.1) is 17.1 Å². The number of aromatic nitrogens is 2. The molecule has 3 atom stereocenters. The number of anilines is 1. The van der Waals surface area contributed by atoms with Crippen LogP contribution in [0.4, 0.5) is 5.69 Å². The lowest BCUT2D eigenvalue weighted by atomic mass is 9.98. The fourth-order valence-electron chi connectivity index (χ4n) is 2.82. The predicted octanol–water partition coefficient (Wildman–Crippen LogP) is 1.63. The average Bonchev–Trinajstić information content (AvgIpc) is 2.78. The zero-order valence-corrected chi connectivity index (χ0v) is 12.2.